The van der Waals surface area contributed by atoms with Gasteiger partial charge in [0.25, 0.3) is 0 Å². The Morgan fingerprint density at radius 1 is 1.36 bits per heavy atom. The van der Waals surface area contributed by atoms with Crippen molar-refractivity contribution in [3.8, 4) is 11.3 Å². The van der Waals surface area contributed by atoms with E-state index in [-0.39, 0.29) is 17.9 Å². The fourth-order valence-corrected chi connectivity index (χ4v) is 5.42. The molecule has 0 aliphatic heterocycles. The minimum absolute atomic E-state index is 0.00885. The number of carbonyl (C=O) groups excluding carboxylic acids is 1. The summed E-state index contributed by atoms with van der Waals surface area (Å²) in [7, 11) is 5.38. The molecule has 2 atom stereocenters. The highest BCUT2D eigenvalue weighted by Gasteiger charge is 2.33. The number of nitrogens with zero attached hydrogens (tertiary/aromatic N) is 4. The molecule has 2 aromatic heterocycles. The van der Waals surface area contributed by atoms with Crippen LogP contribution in [-0.2, 0) is 34.2 Å². The molecule has 0 radical (unpaired) electrons. The van der Waals surface area contributed by atoms with Crippen LogP contribution in [0.1, 0.15) is 36.3 Å². The highest BCUT2D eigenvalue weighted by molar-refractivity contribution is 7.16. The first-order chi connectivity index (χ1) is 13.6. The molecule has 28 heavy (non-hydrogen) atoms. The number of aromatic nitrogens is 3. The van der Waals surface area contributed by atoms with Crippen molar-refractivity contribution >= 4 is 22.4 Å². The van der Waals surface area contributed by atoms with Crippen LogP contribution in [-0.4, -0.2) is 54.1 Å². The molecule has 152 valence electrons. The lowest BCUT2D eigenvalue weighted by atomic mass is 9.86. The highest BCUT2D eigenvalue weighted by Crippen LogP contribution is 2.40. The highest BCUT2D eigenvalue weighted by atomic mass is 32.1. The molecule has 2 aliphatic carbocycles. The van der Waals surface area contributed by atoms with Gasteiger partial charge in [-0.3, -0.25) is 14.4 Å². The predicted octanol–water partition coefficient (Wildman–Crippen LogP) is 2.83. The first kappa shape index (κ1) is 19.5. The molecule has 0 aromatic carbocycles. The summed E-state index contributed by atoms with van der Waals surface area (Å²) < 4.78 is 12.7. The van der Waals surface area contributed by atoms with Crippen molar-refractivity contribution in [2.24, 2.45) is 13.0 Å². The zero-order chi connectivity index (χ0) is 19.7. The Labute approximate surface area is 169 Å². The van der Waals surface area contributed by atoms with Crippen LogP contribution < -0.4 is 4.90 Å². The Balaban J connectivity index is 1.62. The zero-order valence-corrected chi connectivity index (χ0v) is 17.6. The number of ether oxygens (including phenoxy) is 2. The lowest BCUT2D eigenvalue weighted by Gasteiger charge is -2.31. The molecule has 0 bridgehead atoms. The summed E-state index contributed by atoms with van der Waals surface area (Å²) >= 11 is 1.64. The van der Waals surface area contributed by atoms with Gasteiger partial charge in [-0.05, 0) is 32.1 Å². The number of methoxy groups -OCH3 is 2. The van der Waals surface area contributed by atoms with E-state index < -0.39 is 0 Å². The third-order valence-electron chi connectivity index (χ3n) is 5.92. The number of thiazole rings is 1. The Morgan fingerprint density at radius 2 is 2.21 bits per heavy atom. The lowest BCUT2D eigenvalue weighted by Crippen LogP contribution is -2.41. The molecule has 0 N–H and O–H groups in total. The first-order valence-electron chi connectivity index (χ1n) is 9.96. The van der Waals surface area contributed by atoms with Crippen molar-refractivity contribution in [1.29, 1.82) is 0 Å². The standard InChI is InChI=1S/C20H28N4O3S/c1-23-16-7-8-17-18(15(16)12-21-23)22-20(28-17)24(9-10-26-2)19(25)13-5-4-6-14(11-13)27-3/h12-14H,4-11H2,1-3H3/t13-,14+/m1/s1. The Hall–Kier alpha value is -1.77. The molecule has 2 heterocycles. The molecule has 0 unspecified atom stereocenters. The summed E-state index contributed by atoms with van der Waals surface area (Å²) in [5.41, 5.74) is 3.31. The molecule has 2 aliphatic rings. The van der Waals surface area contributed by atoms with Gasteiger partial charge in [-0.1, -0.05) is 6.42 Å². The predicted molar refractivity (Wildman–Crippen MR) is 109 cm³/mol. The van der Waals surface area contributed by atoms with E-state index in [0.717, 1.165) is 54.9 Å². The summed E-state index contributed by atoms with van der Waals surface area (Å²) in [6.07, 6.45) is 7.74. The monoisotopic (exact) mass is 404 g/mol. The fourth-order valence-electron chi connectivity index (χ4n) is 4.31. The normalized spacial score (nSPS) is 21.2. The van der Waals surface area contributed by atoms with Crippen LogP contribution in [0, 0.1) is 5.92 Å². The summed E-state index contributed by atoms with van der Waals surface area (Å²) in [5.74, 6) is 0.141. The van der Waals surface area contributed by atoms with Crippen LogP contribution in [0.3, 0.4) is 0 Å². The van der Waals surface area contributed by atoms with Crippen molar-refractivity contribution in [3.05, 3.63) is 16.8 Å². The average Bonchev–Trinajstić information content (AvgIpc) is 3.31. The van der Waals surface area contributed by atoms with Crippen molar-refractivity contribution in [3.63, 3.8) is 0 Å². The minimum Gasteiger partial charge on any atom is -0.383 e. The quantitative estimate of drug-likeness (QED) is 0.740. The summed E-state index contributed by atoms with van der Waals surface area (Å²) in [5, 5.41) is 5.17. The van der Waals surface area contributed by atoms with E-state index in [1.54, 1.807) is 25.6 Å². The van der Waals surface area contributed by atoms with Gasteiger partial charge in [0.1, 0.15) is 0 Å². The second-order valence-corrected chi connectivity index (χ2v) is 8.66. The fraction of sp³-hybridized carbons (Fsp3) is 0.650. The Bertz CT molecular complexity index is 847. The number of aryl methyl sites for hydroxylation is 2. The maximum atomic E-state index is 13.4. The van der Waals surface area contributed by atoms with Gasteiger partial charge in [-0.15, -0.1) is 11.3 Å². The van der Waals surface area contributed by atoms with Crippen molar-refractivity contribution in [2.75, 3.05) is 32.3 Å². The molecule has 1 saturated carbocycles. The van der Waals surface area contributed by atoms with Crippen molar-refractivity contribution in [1.82, 2.24) is 14.8 Å². The van der Waals surface area contributed by atoms with Crippen LogP contribution in [0.2, 0.25) is 0 Å². The van der Waals surface area contributed by atoms with Crippen LogP contribution in [0.25, 0.3) is 11.3 Å². The SMILES string of the molecule is COCCN(C(=O)[C@@H]1CCC[C@H](OC)C1)c1nc2c(s1)CCc1c-2cnn1C. The van der Waals surface area contributed by atoms with E-state index >= 15 is 0 Å². The molecule has 7 nitrogen and oxygen atoms in total. The summed E-state index contributed by atoms with van der Waals surface area (Å²) in [4.78, 5) is 21.4. The second-order valence-electron chi connectivity index (χ2n) is 7.60. The van der Waals surface area contributed by atoms with E-state index in [0.29, 0.717) is 13.2 Å². The average molecular weight is 405 g/mol. The van der Waals surface area contributed by atoms with Gasteiger partial charge in [-0.2, -0.15) is 5.10 Å². The molecule has 0 spiro atoms. The number of fused-ring (bicyclic) bond motifs is 3. The van der Waals surface area contributed by atoms with E-state index in [4.69, 9.17) is 14.5 Å². The number of anilines is 1. The van der Waals surface area contributed by atoms with E-state index in [9.17, 15) is 4.79 Å². The smallest absolute Gasteiger partial charge is 0.232 e. The maximum absolute atomic E-state index is 13.4. The minimum atomic E-state index is -0.00885. The second kappa shape index (κ2) is 8.31. The number of hydrogen-bond acceptors (Lipinski definition) is 6. The number of rotatable bonds is 6. The first-order valence-corrected chi connectivity index (χ1v) is 10.8. The van der Waals surface area contributed by atoms with Crippen LogP contribution in [0.5, 0.6) is 0 Å². The van der Waals surface area contributed by atoms with Gasteiger partial charge in [0.05, 0.1) is 31.1 Å². The summed E-state index contributed by atoms with van der Waals surface area (Å²) in [6.45, 7) is 1.02. The Kier molecular flexibility index (Phi) is 5.80. The van der Waals surface area contributed by atoms with Gasteiger partial charge in [0, 0.05) is 43.3 Å². The number of carbonyl (C=O) groups is 1. The molecule has 4 rings (SSSR count). The number of hydrogen-bond donors (Lipinski definition) is 0. The molecular formula is C20H28N4O3S. The molecular weight excluding hydrogens is 376 g/mol. The number of amides is 1. The van der Waals surface area contributed by atoms with Gasteiger partial charge in [0.2, 0.25) is 5.91 Å². The summed E-state index contributed by atoms with van der Waals surface area (Å²) in [6, 6.07) is 0. The van der Waals surface area contributed by atoms with E-state index in [1.165, 1.54) is 10.6 Å². The molecule has 0 saturated heterocycles. The largest absolute Gasteiger partial charge is 0.383 e. The molecule has 1 amide bonds. The van der Waals surface area contributed by atoms with Crippen LogP contribution >= 0.6 is 11.3 Å². The van der Waals surface area contributed by atoms with Crippen molar-refractivity contribution in [2.45, 2.75) is 44.6 Å². The van der Waals surface area contributed by atoms with E-state index in [1.807, 2.05) is 22.8 Å². The maximum Gasteiger partial charge on any atom is 0.232 e. The van der Waals surface area contributed by atoms with Gasteiger partial charge >= 0.3 is 0 Å². The van der Waals surface area contributed by atoms with Crippen LogP contribution in [0.15, 0.2) is 6.20 Å². The lowest BCUT2D eigenvalue weighted by molar-refractivity contribution is -0.125. The van der Waals surface area contributed by atoms with Gasteiger partial charge in [-0.25, -0.2) is 4.98 Å². The Morgan fingerprint density at radius 3 is 3.00 bits per heavy atom. The zero-order valence-electron chi connectivity index (χ0n) is 16.8. The van der Waals surface area contributed by atoms with Crippen LogP contribution in [0.4, 0.5) is 5.13 Å². The van der Waals surface area contributed by atoms with E-state index in [2.05, 4.69) is 5.10 Å². The van der Waals surface area contributed by atoms with Gasteiger partial charge in [0.15, 0.2) is 5.13 Å². The third kappa shape index (κ3) is 3.60. The van der Waals surface area contributed by atoms with Gasteiger partial charge < -0.3 is 9.47 Å². The topological polar surface area (TPSA) is 69.5 Å². The third-order valence-corrected chi connectivity index (χ3v) is 7.05. The molecule has 1 fully saturated rings. The molecule has 2 aromatic rings. The van der Waals surface area contributed by atoms with Crippen molar-refractivity contribution < 1.29 is 14.3 Å². The molecule has 8 heteroatoms.